The van der Waals surface area contributed by atoms with Gasteiger partial charge in [-0.25, -0.2) is 4.39 Å². The Labute approximate surface area is 166 Å². The molecule has 0 saturated carbocycles. The van der Waals surface area contributed by atoms with Gasteiger partial charge in [-0.2, -0.15) is 0 Å². The molecule has 3 rings (SSSR count). The Bertz CT molecular complexity index is 899. The van der Waals surface area contributed by atoms with Gasteiger partial charge in [0.25, 0.3) is 0 Å². The minimum atomic E-state index is -0.326. The van der Waals surface area contributed by atoms with Crippen molar-refractivity contribution >= 4 is 29.3 Å². The van der Waals surface area contributed by atoms with E-state index in [0.717, 1.165) is 4.90 Å². The molecule has 2 aromatic carbocycles. The van der Waals surface area contributed by atoms with E-state index in [-0.39, 0.29) is 36.5 Å². The van der Waals surface area contributed by atoms with Crippen LogP contribution in [0.3, 0.4) is 0 Å². The van der Waals surface area contributed by atoms with E-state index in [4.69, 9.17) is 4.42 Å². The molecule has 0 aliphatic carbocycles. The lowest BCUT2D eigenvalue weighted by molar-refractivity contribution is -0.133. The summed E-state index contributed by atoms with van der Waals surface area (Å²) in [4.78, 5) is 27.3. The zero-order valence-electron chi connectivity index (χ0n) is 15.0. The molecular weight excluding hydrogens is 379 g/mol. The van der Waals surface area contributed by atoms with Gasteiger partial charge in [0, 0.05) is 10.6 Å². The molecule has 0 saturated heterocycles. The highest BCUT2D eigenvalue weighted by Crippen LogP contribution is 2.19. The molecule has 2 amide bonds. The minimum Gasteiger partial charge on any atom is -0.467 e. The number of thioether (sulfide) groups is 1. The van der Waals surface area contributed by atoms with Crippen LogP contribution in [0.2, 0.25) is 0 Å². The Morgan fingerprint density at radius 3 is 2.43 bits per heavy atom. The van der Waals surface area contributed by atoms with Crippen LogP contribution in [0.15, 0.2) is 82.3 Å². The number of hydrogen-bond donors (Lipinski definition) is 1. The fourth-order valence-corrected chi connectivity index (χ4v) is 3.29. The largest absolute Gasteiger partial charge is 0.467 e. The SMILES string of the molecule is O=C(CN(Cc1ccco1)C(=O)CSc1ccc(F)cc1)Nc1ccccc1. The van der Waals surface area contributed by atoms with Crippen LogP contribution in [0.1, 0.15) is 5.76 Å². The van der Waals surface area contributed by atoms with Crippen molar-refractivity contribution in [1.29, 1.82) is 0 Å². The molecule has 144 valence electrons. The Hall–Kier alpha value is -3.06. The van der Waals surface area contributed by atoms with Crippen LogP contribution in [-0.4, -0.2) is 29.0 Å². The Kier molecular flexibility index (Phi) is 6.86. The average Bonchev–Trinajstić information content (AvgIpc) is 3.21. The maximum absolute atomic E-state index is 13.0. The predicted molar refractivity (Wildman–Crippen MR) is 106 cm³/mol. The summed E-state index contributed by atoms with van der Waals surface area (Å²) >= 11 is 1.29. The van der Waals surface area contributed by atoms with Gasteiger partial charge in [0.1, 0.15) is 18.1 Å². The van der Waals surface area contributed by atoms with Gasteiger partial charge in [-0.3, -0.25) is 9.59 Å². The van der Waals surface area contributed by atoms with Crippen molar-refractivity contribution in [2.45, 2.75) is 11.4 Å². The number of halogens is 1. The van der Waals surface area contributed by atoms with E-state index in [2.05, 4.69) is 5.32 Å². The maximum atomic E-state index is 13.0. The summed E-state index contributed by atoms with van der Waals surface area (Å²) in [7, 11) is 0. The number of hydrogen-bond acceptors (Lipinski definition) is 4. The molecule has 0 unspecified atom stereocenters. The number of para-hydroxylation sites is 1. The fourth-order valence-electron chi connectivity index (χ4n) is 2.49. The van der Waals surface area contributed by atoms with Gasteiger partial charge in [0.15, 0.2) is 0 Å². The van der Waals surface area contributed by atoms with Crippen LogP contribution < -0.4 is 5.32 Å². The summed E-state index contributed by atoms with van der Waals surface area (Å²) in [6.07, 6.45) is 1.52. The maximum Gasteiger partial charge on any atom is 0.244 e. The second-order valence-corrected chi connectivity index (χ2v) is 7.03. The lowest BCUT2D eigenvalue weighted by Gasteiger charge is -2.21. The van der Waals surface area contributed by atoms with Crippen molar-refractivity contribution in [2.24, 2.45) is 0 Å². The molecule has 3 aromatic rings. The van der Waals surface area contributed by atoms with Crippen LogP contribution in [0.5, 0.6) is 0 Å². The van der Waals surface area contributed by atoms with Gasteiger partial charge in [0.05, 0.1) is 18.6 Å². The zero-order chi connectivity index (χ0) is 19.8. The zero-order valence-corrected chi connectivity index (χ0v) is 15.8. The molecule has 1 N–H and O–H groups in total. The van der Waals surface area contributed by atoms with Crippen LogP contribution in [0.4, 0.5) is 10.1 Å². The lowest BCUT2D eigenvalue weighted by Crippen LogP contribution is -2.38. The van der Waals surface area contributed by atoms with Crippen molar-refractivity contribution in [3.05, 3.63) is 84.6 Å². The second-order valence-electron chi connectivity index (χ2n) is 5.99. The van der Waals surface area contributed by atoms with Crippen molar-refractivity contribution < 1.29 is 18.4 Å². The molecule has 28 heavy (non-hydrogen) atoms. The van der Waals surface area contributed by atoms with Crippen molar-refractivity contribution in [3.63, 3.8) is 0 Å². The quantitative estimate of drug-likeness (QED) is 0.578. The Balaban J connectivity index is 1.62. The summed E-state index contributed by atoms with van der Waals surface area (Å²) in [6, 6.07) is 18.5. The number of nitrogens with zero attached hydrogens (tertiary/aromatic N) is 1. The highest BCUT2D eigenvalue weighted by Gasteiger charge is 2.19. The van der Waals surface area contributed by atoms with E-state index >= 15 is 0 Å². The van der Waals surface area contributed by atoms with Crippen LogP contribution in [-0.2, 0) is 16.1 Å². The highest BCUT2D eigenvalue weighted by atomic mass is 32.2. The fraction of sp³-hybridized carbons (Fsp3) is 0.143. The molecule has 0 radical (unpaired) electrons. The average molecular weight is 398 g/mol. The number of furan rings is 1. The molecule has 0 aliphatic heterocycles. The van der Waals surface area contributed by atoms with E-state index in [1.54, 1.807) is 36.4 Å². The van der Waals surface area contributed by atoms with Gasteiger partial charge in [0.2, 0.25) is 11.8 Å². The van der Waals surface area contributed by atoms with Gasteiger partial charge < -0.3 is 14.6 Å². The molecule has 0 aliphatic rings. The first-order valence-corrected chi connectivity index (χ1v) is 9.62. The number of nitrogens with one attached hydrogen (secondary N) is 1. The monoisotopic (exact) mass is 398 g/mol. The molecule has 7 heteroatoms. The lowest BCUT2D eigenvalue weighted by atomic mass is 10.3. The summed E-state index contributed by atoms with van der Waals surface area (Å²) in [5, 5.41) is 2.77. The summed E-state index contributed by atoms with van der Waals surface area (Å²) in [5.74, 6) is -0.113. The summed E-state index contributed by atoms with van der Waals surface area (Å²) in [5.41, 5.74) is 0.665. The smallest absolute Gasteiger partial charge is 0.244 e. The van der Waals surface area contributed by atoms with E-state index in [1.165, 1.54) is 35.1 Å². The van der Waals surface area contributed by atoms with Gasteiger partial charge in [-0.15, -0.1) is 11.8 Å². The third kappa shape index (κ3) is 5.99. The van der Waals surface area contributed by atoms with E-state index in [0.29, 0.717) is 11.4 Å². The number of benzene rings is 2. The van der Waals surface area contributed by atoms with E-state index in [9.17, 15) is 14.0 Å². The second kappa shape index (κ2) is 9.75. The van der Waals surface area contributed by atoms with Crippen LogP contribution in [0, 0.1) is 5.82 Å². The highest BCUT2D eigenvalue weighted by molar-refractivity contribution is 8.00. The summed E-state index contributed by atoms with van der Waals surface area (Å²) in [6.45, 7) is 0.0937. The number of rotatable bonds is 8. The summed E-state index contributed by atoms with van der Waals surface area (Å²) < 4.78 is 18.3. The third-order valence-corrected chi connectivity index (χ3v) is 4.84. The molecule has 1 heterocycles. The van der Waals surface area contributed by atoms with Crippen molar-refractivity contribution in [3.8, 4) is 0 Å². The number of carbonyl (C=O) groups is 2. The molecule has 0 spiro atoms. The van der Waals surface area contributed by atoms with Gasteiger partial charge >= 0.3 is 0 Å². The Morgan fingerprint density at radius 1 is 1.00 bits per heavy atom. The molecular formula is C21H19FN2O3S. The molecule has 0 bridgehead atoms. The Morgan fingerprint density at radius 2 is 1.75 bits per heavy atom. The predicted octanol–water partition coefficient (Wildman–Crippen LogP) is 4.18. The minimum absolute atomic E-state index is 0.0988. The van der Waals surface area contributed by atoms with Gasteiger partial charge in [-0.05, 0) is 48.5 Å². The number of amides is 2. The van der Waals surface area contributed by atoms with Gasteiger partial charge in [-0.1, -0.05) is 18.2 Å². The normalized spacial score (nSPS) is 10.5. The van der Waals surface area contributed by atoms with Crippen molar-refractivity contribution in [1.82, 2.24) is 4.90 Å². The number of anilines is 1. The topological polar surface area (TPSA) is 62.6 Å². The van der Waals surface area contributed by atoms with Crippen LogP contribution >= 0.6 is 11.8 Å². The first-order chi connectivity index (χ1) is 13.6. The first kappa shape index (κ1) is 19.7. The molecule has 0 fully saturated rings. The number of carbonyl (C=O) groups excluding carboxylic acids is 2. The molecule has 5 nitrogen and oxygen atoms in total. The van der Waals surface area contributed by atoms with Crippen molar-refractivity contribution in [2.75, 3.05) is 17.6 Å². The first-order valence-electron chi connectivity index (χ1n) is 8.63. The standard InChI is InChI=1S/C21H19FN2O3S/c22-16-8-10-19(11-9-16)28-15-21(26)24(13-18-7-4-12-27-18)14-20(25)23-17-5-2-1-3-6-17/h1-12H,13-15H2,(H,23,25). The molecule has 1 aromatic heterocycles. The third-order valence-electron chi connectivity index (χ3n) is 3.85. The molecule has 0 atom stereocenters. The van der Waals surface area contributed by atoms with E-state index < -0.39 is 0 Å². The van der Waals surface area contributed by atoms with E-state index in [1.807, 2.05) is 18.2 Å². The van der Waals surface area contributed by atoms with Crippen LogP contribution in [0.25, 0.3) is 0 Å².